The molecule has 4 nitrogen and oxygen atoms in total. The van der Waals surface area contributed by atoms with Crippen molar-refractivity contribution in [2.24, 2.45) is 0 Å². The highest BCUT2D eigenvalue weighted by molar-refractivity contribution is 8.00. The first-order valence-electron chi connectivity index (χ1n) is 7.22. The largest absolute Gasteiger partial charge is 0.417 e. The highest BCUT2D eigenvalue weighted by atomic mass is 32.2. The average Bonchev–Trinajstić information content (AvgIpc) is 2.52. The smallest absolute Gasteiger partial charge is 0.342 e. The third-order valence-electron chi connectivity index (χ3n) is 3.57. The SMILES string of the molecule is Cc1cc(C(F)(F)F)c(C#N)c(SCC(=O)N2CCCCC2)n1. The first kappa shape index (κ1) is 17.6. The summed E-state index contributed by atoms with van der Waals surface area (Å²) in [5, 5.41) is 9.03. The van der Waals surface area contributed by atoms with Gasteiger partial charge in [0.1, 0.15) is 11.1 Å². The van der Waals surface area contributed by atoms with Crippen molar-refractivity contribution < 1.29 is 18.0 Å². The van der Waals surface area contributed by atoms with E-state index in [1.165, 1.54) is 6.92 Å². The lowest BCUT2D eigenvalue weighted by atomic mass is 10.1. The number of amides is 1. The number of nitriles is 1. The number of aryl methyl sites for hydroxylation is 1. The van der Waals surface area contributed by atoms with Gasteiger partial charge in [-0.25, -0.2) is 4.98 Å². The summed E-state index contributed by atoms with van der Waals surface area (Å²) < 4.78 is 39.1. The van der Waals surface area contributed by atoms with Crippen molar-refractivity contribution in [3.8, 4) is 6.07 Å². The number of nitrogens with zero attached hydrogens (tertiary/aromatic N) is 3. The molecule has 2 heterocycles. The lowest BCUT2D eigenvalue weighted by Crippen LogP contribution is -2.36. The van der Waals surface area contributed by atoms with Crippen LogP contribution in [-0.4, -0.2) is 34.6 Å². The second kappa shape index (κ2) is 7.21. The van der Waals surface area contributed by atoms with Crippen molar-refractivity contribution in [3.63, 3.8) is 0 Å². The molecule has 2 rings (SSSR count). The molecule has 0 atom stereocenters. The molecule has 0 saturated carbocycles. The summed E-state index contributed by atoms with van der Waals surface area (Å²) in [5.41, 5.74) is -1.34. The number of hydrogen-bond acceptors (Lipinski definition) is 4. The lowest BCUT2D eigenvalue weighted by molar-refractivity contribution is -0.138. The van der Waals surface area contributed by atoms with Crippen LogP contribution in [0.3, 0.4) is 0 Å². The standard InChI is InChI=1S/C15H16F3N3OS/c1-10-7-12(15(16,17)18)11(8-19)14(20-10)23-9-13(22)21-5-3-2-4-6-21/h7H,2-6,9H2,1H3. The van der Waals surface area contributed by atoms with Crippen molar-refractivity contribution in [1.82, 2.24) is 9.88 Å². The summed E-state index contributed by atoms with van der Waals surface area (Å²) in [6.07, 6.45) is -1.64. The fourth-order valence-electron chi connectivity index (χ4n) is 2.45. The van der Waals surface area contributed by atoms with E-state index >= 15 is 0 Å². The van der Waals surface area contributed by atoms with Crippen molar-refractivity contribution >= 4 is 17.7 Å². The van der Waals surface area contributed by atoms with E-state index in [4.69, 9.17) is 5.26 Å². The number of thioether (sulfide) groups is 1. The minimum Gasteiger partial charge on any atom is -0.342 e. The molecule has 0 aliphatic carbocycles. The number of aromatic nitrogens is 1. The van der Waals surface area contributed by atoms with Gasteiger partial charge in [0.15, 0.2) is 0 Å². The fraction of sp³-hybridized carbons (Fsp3) is 0.533. The topological polar surface area (TPSA) is 57.0 Å². The Kier molecular flexibility index (Phi) is 5.52. The maximum atomic E-state index is 13.0. The molecule has 124 valence electrons. The Morgan fingerprint density at radius 2 is 2.04 bits per heavy atom. The van der Waals surface area contributed by atoms with Crippen LogP contribution in [0, 0.1) is 18.3 Å². The zero-order valence-corrected chi connectivity index (χ0v) is 13.4. The molecular weight excluding hydrogens is 327 g/mol. The molecule has 1 saturated heterocycles. The number of rotatable bonds is 3. The van der Waals surface area contributed by atoms with E-state index in [0.717, 1.165) is 37.1 Å². The van der Waals surface area contributed by atoms with Gasteiger partial charge in [0.05, 0.1) is 16.9 Å². The van der Waals surface area contributed by atoms with Crippen LogP contribution in [-0.2, 0) is 11.0 Å². The Balaban J connectivity index is 2.18. The molecule has 0 N–H and O–H groups in total. The minimum atomic E-state index is -4.62. The van der Waals surface area contributed by atoms with Crippen molar-refractivity contribution in [2.75, 3.05) is 18.8 Å². The molecule has 1 amide bonds. The van der Waals surface area contributed by atoms with E-state index < -0.39 is 17.3 Å². The van der Waals surface area contributed by atoms with E-state index in [9.17, 15) is 18.0 Å². The van der Waals surface area contributed by atoms with Gasteiger partial charge in [-0.2, -0.15) is 18.4 Å². The number of piperidine rings is 1. The van der Waals surface area contributed by atoms with Gasteiger partial charge in [-0.15, -0.1) is 0 Å². The quantitative estimate of drug-likeness (QED) is 0.790. The van der Waals surface area contributed by atoms with Crippen molar-refractivity contribution in [2.45, 2.75) is 37.4 Å². The van der Waals surface area contributed by atoms with E-state index in [1.54, 1.807) is 11.0 Å². The third-order valence-corrected chi connectivity index (χ3v) is 4.53. The molecule has 1 aromatic heterocycles. The molecule has 0 bridgehead atoms. The summed E-state index contributed by atoms with van der Waals surface area (Å²) >= 11 is 0.893. The van der Waals surface area contributed by atoms with Crippen LogP contribution in [0.5, 0.6) is 0 Å². The van der Waals surface area contributed by atoms with E-state index in [2.05, 4.69) is 4.98 Å². The number of pyridine rings is 1. The van der Waals surface area contributed by atoms with Gasteiger partial charge in [-0.1, -0.05) is 11.8 Å². The summed E-state index contributed by atoms with van der Waals surface area (Å²) in [4.78, 5) is 17.8. The molecule has 8 heteroatoms. The van der Waals surface area contributed by atoms with Crippen molar-refractivity contribution in [3.05, 3.63) is 22.9 Å². The maximum absolute atomic E-state index is 13.0. The molecule has 0 unspecified atom stereocenters. The number of likely N-dealkylation sites (tertiary alicyclic amines) is 1. The number of carbonyl (C=O) groups excluding carboxylic acids is 1. The van der Waals surface area contributed by atoms with Gasteiger partial charge < -0.3 is 4.90 Å². The Labute approximate surface area is 136 Å². The Morgan fingerprint density at radius 3 is 2.61 bits per heavy atom. The number of alkyl halides is 3. The highest BCUT2D eigenvalue weighted by Crippen LogP contribution is 2.35. The number of halogens is 3. The Morgan fingerprint density at radius 1 is 1.39 bits per heavy atom. The van der Waals surface area contributed by atoms with Crippen LogP contribution in [0.2, 0.25) is 0 Å². The average molecular weight is 343 g/mol. The number of carbonyl (C=O) groups is 1. The normalized spacial score (nSPS) is 15.3. The summed E-state index contributed by atoms with van der Waals surface area (Å²) in [6, 6.07) is 2.43. The van der Waals surface area contributed by atoms with Gasteiger partial charge >= 0.3 is 6.18 Å². The van der Waals surface area contributed by atoms with E-state index in [1.807, 2.05) is 0 Å². The van der Waals surface area contributed by atoms with Crippen molar-refractivity contribution in [1.29, 1.82) is 5.26 Å². The predicted molar refractivity (Wildman–Crippen MR) is 79.8 cm³/mol. The predicted octanol–water partition coefficient (Wildman–Crippen LogP) is 3.39. The summed E-state index contributed by atoms with van der Waals surface area (Å²) in [7, 11) is 0. The molecule has 0 spiro atoms. The lowest BCUT2D eigenvalue weighted by Gasteiger charge is -2.26. The van der Waals surface area contributed by atoms with Crippen LogP contribution >= 0.6 is 11.8 Å². The Bertz CT molecular complexity index is 634. The summed E-state index contributed by atoms with van der Waals surface area (Å²) in [5.74, 6) is -0.141. The third kappa shape index (κ3) is 4.38. The number of hydrogen-bond donors (Lipinski definition) is 0. The molecule has 1 aromatic rings. The minimum absolute atomic E-state index is 0.0115. The fourth-order valence-corrected chi connectivity index (χ4v) is 3.40. The van der Waals surface area contributed by atoms with Crippen LogP contribution < -0.4 is 0 Å². The van der Waals surface area contributed by atoms with Crippen LogP contribution in [0.4, 0.5) is 13.2 Å². The van der Waals surface area contributed by atoms with Crippen LogP contribution in [0.15, 0.2) is 11.1 Å². The molecule has 1 aliphatic rings. The zero-order valence-electron chi connectivity index (χ0n) is 12.6. The first-order chi connectivity index (χ1) is 10.8. The van der Waals surface area contributed by atoms with Gasteiger partial charge in [-0.3, -0.25) is 4.79 Å². The molecule has 0 aromatic carbocycles. The van der Waals surface area contributed by atoms with Crippen LogP contribution in [0.25, 0.3) is 0 Å². The van der Waals surface area contributed by atoms with Gasteiger partial charge in [0.25, 0.3) is 0 Å². The van der Waals surface area contributed by atoms with E-state index in [-0.39, 0.29) is 22.4 Å². The van der Waals surface area contributed by atoms with Gasteiger partial charge in [-0.05, 0) is 32.3 Å². The monoisotopic (exact) mass is 343 g/mol. The first-order valence-corrected chi connectivity index (χ1v) is 8.21. The maximum Gasteiger partial charge on any atom is 0.417 e. The van der Waals surface area contributed by atoms with E-state index in [0.29, 0.717) is 13.1 Å². The van der Waals surface area contributed by atoms with Crippen LogP contribution in [0.1, 0.15) is 36.1 Å². The molecule has 0 radical (unpaired) electrons. The zero-order chi connectivity index (χ0) is 17.0. The second-order valence-electron chi connectivity index (χ2n) is 5.33. The molecule has 1 aliphatic heterocycles. The highest BCUT2D eigenvalue weighted by Gasteiger charge is 2.35. The molecule has 23 heavy (non-hydrogen) atoms. The van der Waals surface area contributed by atoms with Gasteiger partial charge in [0, 0.05) is 18.8 Å². The molecular formula is C15H16F3N3OS. The second-order valence-corrected chi connectivity index (χ2v) is 6.30. The molecule has 1 fully saturated rings. The Hall–Kier alpha value is -1.75. The summed E-state index contributed by atoms with van der Waals surface area (Å²) in [6.45, 7) is 2.80. The van der Waals surface area contributed by atoms with Gasteiger partial charge in [0.2, 0.25) is 5.91 Å².